The third-order valence-corrected chi connectivity index (χ3v) is 2.80. The first-order valence-electron chi connectivity index (χ1n) is 6.31. The largest absolute Gasteiger partial charge is 0.469 e. The van der Waals surface area contributed by atoms with Crippen molar-refractivity contribution in [1.29, 1.82) is 0 Å². The quantitative estimate of drug-likeness (QED) is 0.774. The average molecular weight is 271 g/mol. The Morgan fingerprint density at radius 2 is 2.16 bits per heavy atom. The summed E-state index contributed by atoms with van der Waals surface area (Å²) in [5.74, 6) is -1.32. The van der Waals surface area contributed by atoms with E-state index in [2.05, 4.69) is 10.1 Å². The summed E-state index contributed by atoms with van der Waals surface area (Å²) in [6.07, 6.45) is 1.27. The molecule has 3 nitrogen and oxygen atoms in total. The summed E-state index contributed by atoms with van der Waals surface area (Å²) in [5.41, 5.74) is 0.262. The monoisotopic (exact) mass is 271 g/mol. The van der Waals surface area contributed by atoms with Gasteiger partial charge in [-0.2, -0.15) is 0 Å². The number of benzene rings is 1. The molecular weight excluding hydrogens is 252 g/mol. The summed E-state index contributed by atoms with van der Waals surface area (Å²) < 4.78 is 31.3. The standard InChI is InChI=1S/C14H19F2NO2/c1-3-6-17-12(9-14(18)19-2)8-10-7-11(15)4-5-13(10)16/h4-5,7,12,17H,3,6,8-9H2,1-2H3. The molecule has 1 aromatic rings. The van der Waals surface area contributed by atoms with Gasteiger partial charge in [-0.05, 0) is 43.1 Å². The van der Waals surface area contributed by atoms with Crippen molar-refractivity contribution in [2.45, 2.75) is 32.2 Å². The summed E-state index contributed by atoms with van der Waals surface area (Å²) >= 11 is 0. The van der Waals surface area contributed by atoms with Gasteiger partial charge in [0, 0.05) is 6.04 Å². The zero-order valence-electron chi connectivity index (χ0n) is 11.2. The first-order chi connectivity index (χ1) is 9.06. The number of hydrogen-bond donors (Lipinski definition) is 1. The number of carbonyl (C=O) groups excluding carboxylic acids is 1. The summed E-state index contributed by atoms with van der Waals surface area (Å²) in [5, 5.41) is 3.14. The van der Waals surface area contributed by atoms with Crippen molar-refractivity contribution in [3.63, 3.8) is 0 Å². The van der Waals surface area contributed by atoms with Crippen LogP contribution in [0.15, 0.2) is 18.2 Å². The first kappa shape index (κ1) is 15.6. The molecule has 1 N–H and O–H groups in total. The Morgan fingerprint density at radius 1 is 1.42 bits per heavy atom. The van der Waals surface area contributed by atoms with Crippen molar-refractivity contribution in [3.8, 4) is 0 Å². The Hall–Kier alpha value is -1.49. The van der Waals surface area contributed by atoms with E-state index in [0.717, 1.165) is 24.6 Å². The maximum atomic E-state index is 13.6. The minimum atomic E-state index is -0.483. The van der Waals surface area contributed by atoms with Gasteiger partial charge in [0.15, 0.2) is 0 Å². The van der Waals surface area contributed by atoms with Crippen LogP contribution in [0, 0.1) is 11.6 Å². The summed E-state index contributed by atoms with van der Waals surface area (Å²) in [6, 6.07) is 3.07. The second-order valence-electron chi connectivity index (χ2n) is 4.37. The van der Waals surface area contributed by atoms with Crippen LogP contribution in [-0.4, -0.2) is 25.7 Å². The van der Waals surface area contributed by atoms with Crippen LogP contribution in [-0.2, 0) is 16.0 Å². The number of methoxy groups -OCH3 is 1. The highest BCUT2D eigenvalue weighted by Crippen LogP contribution is 2.13. The molecule has 0 saturated heterocycles. The number of hydrogen-bond acceptors (Lipinski definition) is 3. The number of ether oxygens (including phenoxy) is 1. The fraction of sp³-hybridized carbons (Fsp3) is 0.500. The van der Waals surface area contributed by atoms with Crippen LogP contribution < -0.4 is 5.32 Å². The normalized spacial score (nSPS) is 12.2. The van der Waals surface area contributed by atoms with Crippen LogP contribution in [0.2, 0.25) is 0 Å². The van der Waals surface area contributed by atoms with Gasteiger partial charge in [0.25, 0.3) is 0 Å². The Labute approximate surface area is 112 Å². The van der Waals surface area contributed by atoms with E-state index in [9.17, 15) is 13.6 Å². The molecule has 0 aliphatic carbocycles. The van der Waals surface area contributed by atoms with Crippen LogP contribution >= 0.6 is 0 Å². The first-order valence-corrected chi connectivity index (χ1v) is 6.31. The predicted octanol–water partition coefficient (Wildman–Crippen LogP) is 2.44. The van der Waals surface area contributed by atoms with E-state index in [4.69, 9.17) is 0 Å². The number of carbonyl (C=O) groups is 1. The minimum absolute atomic E-state index is 0.131. The van der Waals surface area contributed by atoms with Crippen molar-refractivity contribution < 1.29 is 18.3 Å². The number of halogens is 2. The van der Waals surface area contributed by atoms with Gasteiger partial charge in [-0.15, -0.1) is 0 Å². The lowest BCUT2D eigenvalue weighted by molar-refractivity contribution is -0.141. The number of esters is 1. The molecule has 1 unspecified atom stereocenters. The lowest BCUT2D eigenvalue weighted by Crippen LogP contribution is -2.34. The zero-order chi connectivity index (χ0) is 14.3. The smallest absolute Gasteiger partial charge is 0.307 e. The van der Waals surface area contributed by atoms with E-state index < -0.39 is 11.6 Å². The molecule has 0 aliphatic rings. The van der Waals surface area contributed by atoms with Gasteiger partial charge in [0.1, 0.15) is 11.6 Å². The van der Waals surface area contributed by atoms with Gasteiger partial charge in [0.05, 0.1) is 13.5 Å². The summed E-state index contributed by atoms with van der Waals surface area (Å²) in [7, 11) is 1.31. The highest BCUT2D eigenvalue weighted by molar-refractivity contribution is 5.70. The highest BCUT2D eigenvalue weighted by Gasteiger charge is 2.16. The van der Waals surface area contributed by atoms with Gasteiger partial charge in [-0.25, -0.2) is 8.78 Å². The van der Waals surface area contributed by atoms with Gasteiger partial charge >= 0.3 is 5.97 Å². The molecule has 0 bridgehead atoms. The van der Waals surface area contributed by atoms with Crippen LogP contribution in [0.25, 0.3) is 0 Å². The highest BCUT2D eigenvalue weighted by atomic mass is 19.1. The Kier molecular flexibility index (Phi) is 6.42. The Morgan fingerprint density at radius 3 is 2.79 bits per heavy atom. The van der Waals surface area contributed by atoms with Crippen LogP contribution in [0.3, 0.4) is 0 Å². The van der Waals surface area contributed by atoms with E-state index >= 15 is 0 Å². The SMILES string of the molecule is CCCNC(CC(=O)OC)Cc1cc(F)ccc1F. The van der Waals surface area contributed by atoms with Crippen LogP contribution in [0.5, 0.6) is 0 Å². The minimum Gasteiger partial charge on any atom is -0.469 e. The van der Waals surface area contributed by atoms with Gasteiger partial charge < -0.3 is 10.1 Å². The zero-order valence-corrected chi connectivity index (χ0v) is 11.2. The molecule has 0 aromatic heterocycles. The molecule has 0 aliphatic heterocycles. The number of rotatable bonds is 7. The van der Waals surface area contributed by atoms with E-state index in [1.807, 2.05) is 6.92 Å². The lowest BCUT2D eigenvalue weighted by atomic mass is 10.0. The van der Waals surface area contributed by atoms with Crippen molar-refractivity contribution in [1.82, 2.24) is 5.32 Å². The molecule has 1 aromatic carbocycles. The van der Waals surface area contributed by atoms with E-state index in [1.54, 1.807) is 0 Å². The second-order valence-corrected chi connectivity index (χ2v) is 4.37. The molecular formula is C14H19F2NO2. The van der Waals surface area contributed by atoms with Crippen LogP contribution in [0.4, 0.5) is 8.78 Å². The van der Waals surface area contributed by atoms with Gasteiger partial charge in [-0.1, -0.05) is 6.92 Å². The maximum Gasteiger partial charge on any atom is 0.307 e. The van der Waals surface area contributed by atoms with Crippen molar-refractivity contribution in [2.75, 3.05) is 13.7 Å². The Bertz CT molecular complexity index is 424. The molecule has 0 radical (unpaired) electrons. The molecule has 0 amide bonds. The molecule has 0 saturated carbocycles. The van der Waals surface area contributed by atoms with Gasteiger partial charge in [-0.3, -0.25) is 4.79 Å². The molecule has 0 heterocycles. The average Bonchev–Trinajstić information content (AvgIpc) is 2.39. The molecule has 106 valence electrons. The Balaban J connectivity index is 2.74. The molecule has 1 atom stereocenters. The topological polar surface area (TPSA) is 38.3 Å². The third kappa shape index (κ3) is 5.34. The van der Waals surface area contributed by atoms with E-state index in [0.29, 0.717) is 6.54 Å². The number of nitrogens with one attached hydrogen (secondary N) is 1. The summed E-state index contributed by atoms with van der Waals surface area (Å²) in [4.78, 5) is 11.3. The fourth-order valence-corrected chi connectivity index (χ4v) is 1.81. The fourth-order valence-electron chi connectivity index (χ4n) is 1.81. The molecule has 5 heteroatoms. The van der Waals surface area contributed by atoms with E-state index in [-0.39, 0.29) is 30.4 Å². The molecule has 1 rings (SSSR count). The lowest BCUT2D eigenvalue weighted by Gasteiger charge is -2.17. The van der Waals surface area contributed by atoms with Crippen molar-refractivity contribution in [2.24, 2.45) is 0 Å². The molecule has 19 heavy (non-hydrogen) atoms. The van der Waals surface area contributed by atoms with E-state index in [1.165, 1.54) is 7.11 Å². The van der Waals surface area contributed by atoms with Crippen molar-refractivity contribution >= 4 is 5.97 Å². The second kappa shape index (κ2) is 7.84. The maximum absolute atomic E-state index is 13.6. The van der Waals surface area contributed by atoms with Crippen molar-refractivity contribution in [3.05, 3.63) is 35.4 Å². The third-order valence-electron chi connectivity index (χ3n) is 2.80. The van der Waals surface area contributed by atoms with Crippen LogP contribution in [0.1, 0.15) is 25.3 Å². The molecule has 0 spiro atoms. The van der Waals surface area contributed by atoms with Gasteiger partial charge in [0.2, 0.25) is 0 Å². The predicted molar refractivity (Wildman–Crippen MR) is 68.8 cm³/mol. The molecule has 0 fully saturated rings. The summed E-state index contributed by atoms with van der Waals surface area (Å²) in [6.45, 7) is 2.70.